The number of nitrogens with one attached hydrogen (secondary N) is 2. The smallest absolute Gasteiger partial charge is 0.322 e. The fourth-order valence-electron chi connectivity index (χ4n) is 2.73. The van der Waals surface area contributed by atoms with Gasteiger partial charge in [0.15, 0.2) is 6.04 Å². The maximum atomic E-state index is 11.5. The number of ether oxygens (including phenoxy) is 1. The number of imide groups is 1. The Morgan fingerprint density at radius 3 is 2.53 bits per heavy atom. The summed E-state index contributed by atoms with van der Waals surface area (Å²) < 4.78 is 5.05. The molecule has 168 valence electrons. The quantitative estimate of drug-likeness (QED) is 0.368. The molecule has 1 aromatic heterocycles. The van der Waals surface area contributed by atoms with Gasteiger partial charge in [-0.25, -0.2) is 9.78 Å². The second-order valence-electron chi connectivity index (χ2n) is 6.38. The lowest BCUT2D eigenvalue weighted by molar-refractivity contribution is -0.119. The number of anilines is 2. The van der Waals surface area contributed by atoms with Crippen LogP contribution in [0.1, 0.15) is 35.3 Å². The number of carbonyl (C=O) groups excluding carboxylic acids is 3. The van der Waals surface area contributed by atoms with E-state index < -0.39 is 18.0 Å². The molecule has 0 spiro atoms. The minimum Gasteiger partial charge on any atom is -0.497 e. The topological polar surface area (TPSA) is 166 Å². The molecule has 0 aliphatic carbocycles. The predicted octanol–water partition coefficient (Wildman–Crippen LogP) is 0.508. The molecule has 1 saturated heterocycles. The summed E-state index contributed by atoms with van der Waals surface area (Å²) in [6, 6.07) is 4.15. The third-order valence-corrected chi connectivity index (χ3v) is 4.26. The molecular formula is C21H25N7O4. The van der Waals surface area contributed by atoms with E-state index in [1.807, 2.05) is 26.0 Å². The van der Waals surface area contributed by atoms with E-state index >= 15 is 0 Å². The van der Waals surface area contributed by atoms with Crippen molar-refractivity contribution >= 4 is 29.6 Å². The van der Waals surface area contributed by atoms with Crippen LogP contribution in [0.15, 0.2) is 24.4 Å². The average molecular weight is 439 g/mol. The van der Waals surface area contributed by atoms with Gasteiger partial charge >= 0.3 is 6.03 Å². The molecule has 4 rings (SSSR count). The molecule has 0 bridgehead atoms. The molecule has 1 fully saturated rings. The fraction of sp³-hybridized carbons (Fsp3) is 0.286. The normalized spacial score (nSPS) is 15.7. The molecule has 2 aliphatic heterocycles. The number of hydrogen-bond acceptors (Lipinski definition) is 8. The first-order chi connectivity index (χ1) is 15.3. The van der Waals surface area contributed by atoms with Gasteiger partial charge in [-0.2, -0.15) is 4.98 Å². The Bertz CT molecular complexity index is 1090. The van der Waals surface area contributed by atoms with Gasteiger partial charge in [-0.05, 0) is 17.7 Å². The summed E-state index contributed by atoms with van der Waals surface area (Å²) in [5.74, 6) is 5.62. The van der Waals surface area contributed by atoms with Gasteiger partial charge < -0.3 is 26.4 Å². The van der Waals surface area contributed by atoms with Crippen molar-refractivity contribution in [1.82, 2.24) is 25.5 Å². The van der Waals surface area contributed by atoms with Crippen molar-refractivity contribution in [3.63, 3.8) is 0 Å². The van der Waals surface area contributed by atoms with Gasteiger partial charge in [0, 0.05) is 19.2 Å². The Balaban J connectivity index is 0.000000217. The SMILES string of the molecule is CC.COc1ccc2c(c1)C(=O)N(C)C2.Nc1ncc(C#CC2NC(=O)NC2=O)c(N)n1. The van der Waals surface area contributed by atoms with Crippen molar-refractivity contribution < 1.29 is 19.1 Å². The van der Waals surface area contributed by atoms with E-state index in [0.29, 0.717) is 12.1 Å². The second-order valence-corrected chi connectivity index (χ2v) is 6.38. The number of urea groups is 1. The zero-order chi connectivity index (χ0) is 23.8. The monoisotopic (exact) mass is 439 g/mol. The molecule has 6 N–H and O–H groups in total. The Labute approximate surface area is 185 Å². The van der Waals surface area contributed by atoms with Crippen LogP contribution in [0.3, 0.4) is 0 Å². The highest BCUT2D eigenvalue weighted by Gasteiger charge is 2.27. The van der Waals surface area contributed by atoms with Crippen LogP contribution in [0.4, 0.5) is 16.6 Å². The highest BCUT2D eigenvalue weighted by atomic mass is 16.5. The molecule has 2 aromatic rings. The Morgan fingerprint density at radius 1 is 1.22 bits per heavy atom. The van der Waals surface area contributed by atoms with Gasteiger partial charge in [0.1, 0.15) is 11.6 Å². The minimum atomic E-state index is -0.889. The molecule has 0 saturated carbocycles. The van der Waals surface area contributed by atoms with E-state index in [-0.39, 0.29) is 17.7 Å². The van der Waals surface area contributed by atoms with Crippen LogP contribution in [0.2, 0.25) is 0 Å². The Morgan fingerprint density at radius 2 is 1.94 bits per heavy atom. The van der Waals surface area contributed by atoms with Crippen molar-refractivity contribution in [2.45, 2.75) is 26.4 Å². The van der Waals surface area contributed by atoms with Gasteiger partial charge in [-0.1, -0.05) is 31.8 Å². The lowest BCUT2D eigenvalue weighted by Gasteiger charge is -2.04. The van der Waals surface area contributed by atoms with E-state index in [1.54, 1.807) is 25.1 Å². The third kappa shape index (κ3) is 5.63. The van der Waals surface area contributed by atoms with E-state index in [1.165, 1.54) is 6.20 Å². The molecule has 1 aromatic carbocycles. The number of carbonyl (C=O) groups is 3. The number of aromatic nitrogens is 2. The fourth-order valence-corrected chi connectivity index (χ4v) is 2.73. The molecule has 11 nitrogen and oxygen atoms in total. The van der Waals surface area contributed by atoms with E-state index in [9.17, 15) is 14.4 Å². The number of benzene rings is 1. The molecule has 3 heterocycles. The van der Waals surface area contributed by atoms with Crippen molar-refractivity contribution in [2.75, 3.05) is 25.6 Å². The molecule has 0 radical (unpaired) electrons. The van der Waals surface area contributed by atoms with Gasteiger partial charge in [0.25, 0.3) is 11.8 Å². The van der Waals surface area contributed by atoms with Crippen LogP contribution >= 0.6 is 0 Å². The molecule has 4 amide bonds. The van der Waals surface area contributed by atoms with Crippen molar-refractivity contribution in [2.24, 2.45) is 0 Å². The van der Waals surface area contributed by atoms with Crippen LogP contribution in [0.25, 0.3) is 0 Å². The van der Waals surface area contributed by atoms with Gasteiger partial charge in [0.2, 0.25) is 5.95 Å². The van der Waals surface area contributed by atoms with Crippen molar-refractivity contribution in [1.29, 1.82) is 0 Å². The van der Waals surface area contributed by atoms with Gasteiger partial charge in [0.05, 0.1) is 18.9 Å². The first-order valence-corrected chi connectivity index (χ1v) is 9.71. The lowest BCUT2D eigenvalue weighted by Crippen LogP contribution is -2.26. The van der Waals surface area contributed by atoms with Crippen LogP contribution in [-0.2, 0) is 11.3 Å². The molecule has 32 heavy (non-hydrogen) atoms. The summed E-state index contributed by atoms with van der Waals surface area (Å²) in [6.07, 6.45) is 1.35. The highest BCUT2D eigenvalue weighted by Crippen LogP contribution is 2.25. The number of rotatable bonds is 1. The maximum absolute atomic E-state index is 11.5. The summed E-state index contributed by atoms with van der Waals surface area (Å²) in [5, 5.41) is 4.38. The number of fused-ring (bicyclic) bond motifs is 1. The highest BCUT2D eigenvalue weighted by molar-refractivity contribution is 6.05. The standard InChI is InChI=1S/C10H11NO2.C9H8N6O2.C2H6/c1-11-6-7-3-4-8(13-2)5-9(7)10(11)12;10-6-4(3-12-8(11)14-6)1-2-5-7(16)15-9(17)13-5;1-2/h3-5H,6H2,1-2H3;3,5H,(H4,10,11,12,14)(H2,13,15,16,17);1-2H3. The zero-order valence-electron chi connectivity index (χ0n) is 18.2. The van der Waals surface area contributed by atoms with E-state index in [2.05, 4.69) is 32.4 Å². The number of methoxy groups -OCH3 is 1. The molecule has 1 unspecified atom stereocenters. The predicted molar refractivity (Wildman–Crippen MR) is 118 cm³/mol. The van der Waals surface area contributed by atoms with Gasteiger partial charge in [-0.15, -0.1) is 0 Å². The van der Waals surface area contributed by atoms with E-state index in [4.69, 9.17) is 16.2 Å². The van der Waals surface area contributed by atoms with Crippen LogP contribution in [0.5, 0.6) is 5.75 Å². The largest absolute Gasteiger partial charge is 0.497 e. The molecular weight excluding hydrogens is 414 g/mol. The third-order valence-electron chi connectivity index (χ3n) is 4.26. The number of nitrogens with zero attached hydrogens (tertiary/aromatic N) is 3. The average Bonchev–Trinajstić information content (AvgIpc) is 3.26. The number of amides is 4. The number of nitrogen functional groups attached to an aromatic ring is 2. The first-order valence-electron chi connectivity index (χ1n) is 9.71. The molecule has 2 aliphatic rings. The van der Waals surface area contributed by atoms with Gasteiger partial charge in [-0.3, -0.25) is 14.9 Å². The summed E-state index contributed by atoms with van der Waals surface area (Å²) in [5.41, 5.74) is 13.0. The molecule has 11 heteroatoms. The molecule has 1 atom stereocenters. The second kappa shape index (κ2) is 10.6. The Hall–Kier alpha value is -4.33. The van der Waals surface area contributed by atoms with Crippen molar-refractivity contribution in [3.8, 4) is 17.6 Å². The number of hydrogen-bond donors (Lipinski definition) is 4. The van der Waals surface area contributed by atoms with E-state index in [0.717, 1.165) is 16.9 Å². The first kappa shape index (κ1) is 23.9. The summed E-state index contributed by atoms with van der Waals surface area (Å²) >= 11 is 0. The van der Waals surface area contributed by atoms with Crippen LogP contribution < -0.4 is 26.8 Å². The zero-order valence-corrected chi connectivity index (χ0v) is 18.2. The summed E-state index contributed by atoms with van der Waals surface area (Å²) in [7, 11) is 3.40. The Kier molecular flexibility index (Phi) is 7.95. The van der Waals surface area contributed by atoms with Crippen molar-refractivity contribution in [3.05, 3.63) is 41.1 Å². The maximum Gasteiger partial charge on any atom is 0.322 e. The van der Waals surface area contributed by atoms with Crippen LogP contribution in [-0.4, -0.2) is 52.9 Å². The lowest BCUT2D eigenvalue weighted by atomic mass is 10.1. The summed E-state index contributed by atoms with van der Waals surface area (Å²) in [6.45, 7) is 4.71. The number of nitrogens with two attached hydrogens (primary N) is 2. The minimum absolute atomic E-state index is 0.0416. The van der Waals surface area contributed by atoms with Crippen LogP contribution in [0, 0.1) is 11.8 Å². The summed E-state index contributed by atoms with van der Waals surface area (Å²) in [4.78, 5) is 42.6.